The molecule has 1 aromatic carbocycles. The maximum absolute atomic E-state index is 14.6. The molecule has 2 aromatic heterocycles. The summed E-state index contributed by atoms with van der Waals surface area (Å²) < 4.78 is 26.1. The molecule has 1 atom stereocenters. The summed E-state index contributed by atoms with van der Waals surface area (Å²) in [6, 6.07) is 5.81. The van der Waals surface area contributed by atoms with Crippen LogP contribution in [0.3, 0.4) is 0 Å². The van der Waals surface area contributed by atoms with Crippen molar-refractivity contribution in [2.24, 2.45) is 5.92 Å². The summed E-state index contributed by atoms with van der Waals surface area (Å²) in [5.41, 5.74) is 2.93. The number of methoxy groups -OCH3 is 1. The van der Waals surface area contributed by atoms with Crippen molar-refractivity contribution in [1.82, 2.24) is 9.88 Å². The van der Waals surface area contributed by atoms with E-state index in [-0.39, 0.29) is 30.1 Å². The van der Waals surface area contributed by atoms with Crippen LogP contribution in [0.15, 0.2) is 58.6 Å². The highest BCUT2D eigenvalue weighted by molar-refractivity contribution is 6.08. The average molecular weight is 423 g/mol. The van der Waals surface area contributed by atoms with Gasteiger partial charge in [-0.25, -0.2) is 4.39 Å². The molecule has 1 fully saturated rings. The molecular weight excluding hydrogens is 395 g/mol. The number of carbonyl (C=O) groups excluding carboxylic acids is 1. The first-order valence-corrected chi connectivity index (χ1v) is 10.6. The van der Waals surface area contributed by atoms with Gasteiger partial charge in [0.25, 0.3) is 0 Å². The lowest BCUT2D eigenvalue weighted by atomic mass is 9.93. The maximum Gasteiger partial charge on any atom is 0.223 e. The first kappa shape index (κ1) is 21.1. The third kappa shape index (κ3) is 3.94. The number of halogens is 1. The Kier molecular flexibility index (Phi) is 5.81. The molecule has 0 spiro atoms. The Balaban J connectivity index is 1.68. The number of rotatable bonds is 6. The van der Waals surface area contributed by atoms with Crippen molar-refractivity contribution in [2.45, 2.75) is 33.1 Å². The minimum Gasteiger partial charge on any atom is -0.493 e. The van der Waals surface area contributed by atoms with Crippen LogP contribution in [0.5, 0.6) is 5.75 Å². The SMILES string of the molecule is CC=C(CN1CC(c2ccc(OC)c3oc4cnccc4c23)CC1=O)C(F)=CC(C)C. The summed E-state index contributed by atoms with van der Waals surface area (Å²) >= 11 is 0. The van der Waals surface area contributed by atoms with Crippen molar-refractivity contribution in [2.75, 3.05) is 20.2 Å². The Bertz CT molecular complexity index is 1190. The number of pyridine rings is 1. The quantitative estimate of drug-likeness (QED) is 0.474. The van der Waals surface area contributed by atoms with Gasteiger partial charge in [0, 0.05) is 48.0 Å². The zero-order valence-electron chi connectivity index (χ0n) is 18.3. The molecule has 1 aliphatic rings. The van der Waals surface area contributed by atoms with Crippen LogP contribution in [0.1, 0.15) is 38.7 Å². The lowest BCUT2D eigenvalue weighted by molar-refractivity contribution is -0.127. The van der Waals surface area contributed by atoms with E-state index < -0.39 is 0 Å². The van der Waals surface area contributed by atoms with Gasteiger partial charge in [0.05, 0.1) is 13.3 Å². The Labute approximate surface area is 181 Å². The van der Waals surface area contributed by atoms with E-state index in [4.69, 9.17) is 9.15 Å². The predicted molar refractivity (Wildman–Crippen MR) is 120 cm³/mol. The molecule has 1 saturated heterocycles. The molecule has 1 aliphatic heterocycles. The van der Waals surface area contributed by atoms with E-state index in [0.29, 0.717) is 35.5 Å². The minimum atomic E-state index is -0.256. The molecule has 0 bridgehead atoms. The summed E-state index contributed by atoms with van der Waals surface area (Å²) in [7, 11) is 1.61. The van der Waals surface area contributed by atoms with Gasteiger partial charge in [0.2, 0.25) is 5.91 Å². The van der Waals surface area contributed by atoms with E-state index in [1.165, 1.54) is 0 Å². The number of carbonyl (C=O) groups is 1. The normalized spacial score (nSPS) is 18.1. The van der Waals surface area contributed by atoms with Crippen molar-refractivity contribution in [1.29, 1.82) is 0 Å². The summed E-state index contributed by atoms with van der Waals surface area (Å²) in [5, 5.41) is 1.90. The first-order valence-electron chi connectivity index (χ1n) is 10.6. The van der Waals surface area contributed by atoms with Crippen molar-refractivity contribution >= 4 is 27.8 Å². The smallest absolute Gasteiger partial charge is 0.223 e. The lowest BCUT2D eigenvalue weighted by Crippen LogP contribution is -2.27. The molecule has 0 saturated carbocycles. The standard InChI is InChI=1S/C25H27FN2O3/c1-5-16(20(26)10-15(2)3)13-28-14-17(11-23(28)29)18-6-7-21(30-4)25-24(18)19-8-9-27-12-22(19)31-25/h5-10,12,15,17H,11,13-14H2,1-4H3. The van der Waals surface area contributed by atoms with Crippen LogP contribution in [-0.4, -0.2) is 36.0 Å². The maximum atomic E-state index is 14.6. The Hall–Kier alpha value is -3.15. The molecule has 0 radical (unpaired) electrons. The molecule has 4 rings (SSSR count). The van der Waals surface area contributed by atoms with Crippen molar-refractivity contribution in [3.63, 3.8) is 0 Å². The van der Waals surface area contributed by atoms with Crippen LogP contribution in [0.2, 0.25) is 0 Å². The number of benzene rings is 1. The summed E-state index contributed by atoms with van der Waals surface area (Å²) in [6.07, 6.45) is 7.14. The van der Waals surface area contributed by atoms with Crippen molar-refractivity contribution in [3.8, 4) is 5.75 Å². The molecule has 3 aromatic rings. The molecule has 0 aliphatic carbocycles. The van der Waals surface area contributed by atoms with E-state index in [2.05, 4.69) is 4.98 Å². The van der Waals surface area contributed by atoms with Crippen LogP contribution >= 0.6 is 0 Å². The van der Waals surface area contributed by atoms with Gasteiger partial charge in [0.15, 0.2) is 16.9 Å². The second-order valence-corrected chi connectivity index (χ2v) is 8.28. The lowest BCUT2D eigenvalue weighted by Gasteiger charge is -2.19. The zero-order valence-corrected chi connectivity index (χ0v) is 18.3. The van der Waals surface area contributed by atoms with Crippen LogP contribution in [0.25, 0.3) is 21.9 Å². The molecule has 1 amide bonds. The fourth-order valence-electron chi connectivity index (χ4n) is 4.28. The monoisotopic (exact) mass is 422 g/mol. The second kappa shape index (κ2) is 8.53. The number of ether oxygens (including phenoxy) is 1. The Morgan fingerprint density at radius 1 is 1.39 bits per heavy atom. The van der Waals surface area contributed by atoms with E-state index in [9.17, 15) is 9.18 Å². The third-order valence-electron chi connectivity index (χ3n) is 5.79. The molecule has 3 heterocycles. The summed E-state index contributed by atoms with van der Waals surface area (Å²) in [6.45, 7) is 6.48. The van der Waals surface area contributed by atoms with Gasteiger partial charge in [-0.3, -0.25) is 9.78 Å². The molecule has 31 heavy (non-hydrogen) atoms. The number of hydrogen-bond acceptors (Lipinski definition) is 4. The van der Waals surface area contributed by atoms with Gasteiger partial charge in [-0.1, -0.05) is 26.0 Å². The largest absolute Gasteiger partial charge is 0.493 e. The van der Waals surface area contributed by atoms with Gasteiger partial charge in [-0.05, 0) is 36.6 Å². The number of furan rings is 1. The van der Waals surface area contributed by atoms with E-state index in [1.807, 2.05) is 32.0 Å². The van der Waals surface area contributed by atoms with Gasteiger partial charge in [-0.15, -0.1) is 0 Å². The van der Waals surface area contributed by atoms with Crippen LogP contribution in [-0.2, 0) is 4.79 Å². The fraction of sp³-hybridized carbons (Fsp3) is 0.360. The molecular formula is C25H27FN2O3. The topological polar surface area (TPSA) is 55.6 Å². The van der Waals surface area contributed by atoms with Crippen LogP contribution < -0.4 is 4.74 Å². The number of amides is 1. The van der Waals surface area contributed by atoms with Gasteiger partial charge >= 0.3 is 0 Å². The summed E-state index contributed by atoms with van der Waals surface area (Å²) in [4.78, 5) is 18.7. The van der Waals surface area contributed by atoms with Crippen LogP contribution in [0, 0.1) is 5.92 Å². The molecule has 1 unspecified atom stereocenters. The summed E-state index contributed by atoms with van der Waals surface area (Å²) in [5.74, 6) is 0.515. The predicted octanol–water partition coefficient (Wildman–Crippen LogP) is 5.76. The van der Waals surface area contributed by atoms with Gasteiger partial charge in [-0.2, -0.15) is 0 Å². The van der Waals surface area contributed by atoms with Crippen LogP contribution in [0.4, 0.5) is 4.39 Å². The average Bonchev–Trinajstić information content (AvgIpc) is 3.31. The van der Waals surface area contributed by atoms with Crippen molar-refractivity contribution < 1.29 is 18.3 Å². The zero-order chi connectivity index (χ0) is 22.1. The number of allylic oxidation sites excluding steroid dienone is 2. The molecule has 5 nitrogen and oxygen atoms in total. The molecule has 0 N–H and O–H groups in total. The number of fused-ring (bicyclic) bond motifs is 3. The Morgan fingerprint density at radius 3 is 2.90 bits per heavy atom. The fourth-order valence-corrected chi connectivity index (χ4v) is 4.28. The highest BCUT2D eigenvalue weighted by Gasteiger charge is 2.33. The van der Waals surface area contributed by atoms with Crippen molar-refractivity contribution in [3.05, 3.63) is 59.7 Å². The number of aromatic nitrogens is 1. The highest BCUT2D eigenvalue weighted by Crippen LogP contribution is 2.42. The minimum absolute atomic E-state index is 0.00915. The number of nitrogens with zero attached hydrogens (tertiary/aromatic N) is 2. The first-order chi connectivity index (χ1) is 14.9. The second-order valence-electron chi connectivity index (χ2n) is 8.28. The number of hydrogen-bond donors (Lipinski definition) is 0. The highest BCUT2D eigenvalue weighted by atomic mass is 19.1. The van der Waals surface area contributed by atoms with E-state index in [1.54, 1.807) is 43.5 Å². The van der Waals surface area contributed by atoms with Gasteiger partial charge < -0.3 is 14.1 Å². The Morgan fingerprint density at radius 2 is 2.19 bits per heavy atom. The van der Waals surface area contributed by atoms with E-state index >= 15 is 0 Å². The van der Waals surface area contributed by atoms with E-state index in [0.717, 1.165) is 16.3 Å². The molecule has 6 heteroatoms. The van der Waals surface area contributed by atoms with Gasteiger partial charge in [0.1, 0.15) is 5.83 Å². The number of likely N-dealkylation sites (tertiary alicyclic amines) is 1. The molecule has 162 valence electrons. The third-order valence-corrected chi connectivity index (χ3v) is 5.79.